The monoisotopic (exact) mass is 394 g/mol. The second-order valence-electron chi connectivity index (χ2n) is 7.01. The van der Waals surface area contributed by atoms with E-state index in [9.17, 15) is 9.59 Å². The quantitative estimate of drug-likeness (QED) is 0.715. The number of nitrogens with one attached hydrogen (secondary N) is 1. The first kappa shape index (κ1) is 18.9. The lowest BCUT2D eigenvalue weighted by atomic mass is 10.1. The predicted octanol–water partition coefficient (Wildman–Crippen LogP) is 2.79. The lowest BCUT2D eigenvalue weighted by Crippen LogP contribution is -2.48. The van der Waals surface area contributed by atoms with Crippen molar-refractivity contribution in [2.45, 2.75) is 13.5 Å². The number of carbonyl (C=O) groups is 2. The number of rotatable bonds is 5. The third-order valence-electron chi connectivity index (χ3n) is 4.85. The molecule has 0 saturated carbocycles. The van der Waals surface area contributed by atoms with E-state index in [1.54, 1.807) is 36.4 Å². The average molecular weight is 394 g/mol. The van der Waals surface area contributed by atoms with Crippen molar-refractivity contribution < 1.29 is 18.5 Å². The first-order valence-electron chi connectivity index (χ1n) is 9.47. The molecule has 2 aromatic heterocycles. The highest BCUT2D eigenvalue weighted by atomic mass is 16.5. The Hall–Kier alpha value is -3.39. The van der Waals surface area contributed by atoms with Crippen LogP contribution in [0, 0.1) is 6.92 Å². The molecular weight excluding hydrogens is 372 g/mol. The van der Waals surface area contributed by atoms with E-state index in [4.69, 9.17) is 8.94 Å². The number of nitrogens with zero attached hydrogens (tertiary/aromatic N) is 3. The Bertz CT molecular complexity index is 971. The zero-order valence-corrected chi connectivity index (χ0v) is 16.1. The molecule has 150 valence electrons. The number of furan rings is 1. The van der Waals surface area contributed by atoms with Crippen LogP contribution in [0.5, 0.6) is 0 Å². The first-order valence-corrected chi connectivity index (χ1v) is 9.47. The number of piperazine rings is 1. The number of hydrogen-bond donors (Lipinski definition) is 1. The van der Waals surface area contributed by atoms with Crippen LogP contribution in [0.15, 0.2) is 57.7 Å². The van der Waals surface area contributed by atoms with Gasteiger partial charge in [-0.2, -0.15) is 0 Å². The highest BCUT2D eigenvalue weighted by molar-refractivity contribution is 6.02. The van der Waals surface area contributed by atoms with Gasteiger partial charge in [0.2, 0.25) is 0 Å². The Balaban J connectivity index is 1.30. The molecule has 1 saturated heterocycles. The van der Waals surface area contributed by atoms with E-state index >= 15 is 0 Å². The number of amides is 2. The van der Waals surface area contributed by atoms with Gasteiger partial charge in [0.15, 0.2) is 11.5 Å². The fourth-order valence-corrected chi connectivity index (χ4v) is 3.30. The van der Waals surface area contributed by atoms with Crippen molar-refractivity contribution in [1.82, 2.24) is 15.0 Å². The van der Waals surface area contributed by atoms with Crippen LogP contribution in [0.3, 0.4) is 0 Å². The van der Waals surface area contributed by atoms with E-state index in [2.05, 4.69) is 15.4 Å². The van der Waals surface area contributed by atoms with Gasteiger partial charge < -0.3 is 19.2 Å². The van der Waals surface area contributed by atoms with Crippen LogP contribution in [0.1, 0.15) is 32.4 Å². The summed E-state index contributed by atoms with van der Waals surface area (Å²) in [4.78, 5) is 28.9. The SMILES string of the molecule is Cc1cc(CN2CCN(C(=O)c3ccc(NC(=O)c4ccco4)cc3)CC2)on1. The van der Waals surface area contributed by atoms with Gasteiger partial charge in [-0.05, 0) is 43.3 Å². The van der Waals surface area contributed by atoms with Gasteiger partial charge in [0.05, 0.1) is 18.5 Å². The molecule has 0 radical (unpaired) electrons. The second kappa shape index (κ2) is 8.32. The number of carbonyl (C=O) groups excluding carboxylic acids is 2. The van der Waals surface area contributed by atoms with E-state index in [0.29, 0.717) is 30.9 Å². The minimum atomic E-state index is -0.327. The van der Waals surface area contributed by atoms with Gasteiger partial charge in [-0.25, -0.2) is 0 Å². The molecule has 1 N–H and O–H groups in total. The topological polar surface area (TPSA) is 91.8 Å². The van der Waals surface area contributed by atoms with Crippen LogP contribution >= 0.6 is 0 Å². The van der Waals surface area contributed by atoms with Gasteiger partial charge in [0, 0.05) is 43.5 Å². The van der Waals surface area contributed by atoms with Crippen LogP contribution in [0.4, 0.5) is 5.69 Å². The lowest BCUT2D eigenvalue weighted by molar-refractivity contribution is 0.0617. The summed E-state index contributed by atoms with van der Waals surface area (Å²) in [7, 11) is 0. The van der Waals surface area contributed by atoms with Crippen molar-refractivity contribution in [1.29, 1.82) is 0 Å². The molecule has 8 heteroatoms. The predicted molar refractivity (Wildman–Crippen MR) is 106 cm³/mol. The molecule has 1 fully saturated rings. The van der Waals surface area contributed by atoms with Crippen LogP contribution in [-0.2, 0) is 6.54 Å². The summed E-state index contributed by atoms with van der Waals surface area (Å²) in [6, 6.07) is 12.1. The smallest absolute Gasteiger partial charge is 0.291 e. The molecule has 3 aromatic rings. The summed E-state index contributed by atoms with van der Waals surface area (Å²) in [6.07, 6.45) is 1.45. The molecular formula is C21H22N4O4. The molecule has 3 heterocycles. The van der Waals surface area contributed by atoms with Gasteiger partial charge in [-0.1, -0.05) is 5.16 Å². The molecule has 8 nitrogen and oxygen atoms in total. The van der Waals surface area contributed by atoms with Crippen LogP contribution in [0.25, 0.3) is 0 Å². The summed E-state index contributed by atoms with van der Waals surface area (Å²) >= 11 is 0. The van der Waals surface area contributed by atoms with Gasteiger partial charge in [0.25, 0.3) is 11.8 Å². The molecule has 1 aliphatic rings. The number of aryl methyl sites for hydroxylation is 1. The van der Waals surface area contributed by atoms with Crippen molar-refractivity contribution in [2.24, 2.45) is 0 Å². The third kappa shape index (κ3) is 4.55. The molecule has 1 aliphatic heterocycles. The number of anilines is 1. The van der Waals surface area contributed by atoms with Gasteiger partial charge in [0.1, 0.15) is 0 Å². The molecule has 0 aliphatic carbocycles. The van der Waals surface area contributed by atoms with E-state index in [1.807, 2.05) is 17.9 Å². The molecule has 29 heavy (non-hydrogen) atoms. The summed E-state index contributed by atoms with van der Waals surface area (Å²) in [5.74, 6) is 0.745. The maximum atomic E-state index is 12.8. The van der Waals surface area contributed by atoms with E-state index in [1.165, 1.54) is 6.26 Å². The summed E-state index contributed by atoms with van der Waals surface area (Å²) in [5, 5.41) is 6.65. The fourth-order valence-electron chi connectivity index (χ4n) is 3.30. The number of benzene rings is 1. The molecule has 0 spiro atoms. The molecule has 4 rings (SSSR count). The molecule has 2 amide bonds. The van der Waals surface area contributed by atoms with Crippen molar-refractivity contribution in [2.75, 3.05) is 31.5 Å². The zero-order valence-electron chi connectivity index (χ0n) is 16.1. The van der Waals surface area contributed by atoms with Crippen molar-refractivity contribution in [3.05, 3.63) is 71.5 Å². The van der Waals surface area contributed by atoms with Crippen molar-refractivity contribution in [3.63, 3.8) is 0 Å². The number of aromatic nitrogens is 1. The average Bonchev–Trinajstić information content (AvgIpc) is 3.41. The molecule has 0 atom stereocenters. The molecule has 1 aromatic carbocycles. The molecule has 0 unspecified atom stereocenters. The Labute approximate surface area is 168 Å². The summed E-state index contributed by atoms with van der Waals surface area (Å²) in [6.45, 7) is 5.47. The maximum Gasteiger partial charge on any atom is 0.291 e. The third-order valence-corrected chi connectivity index (χ3v) is 4.85. The van der Waals surface area contributed by atoms with E-state index in [0.717, 1.165) is 24.5 Å². The Morgan fingerprint density at radius 3 is 2.48 bits per heavy atom. The standard InChI is InChI=1S/C21H22N4O4/c1-15-13-18(29-23-15)14-24-8-10-25(11-9-24)21(27)16-4-6-17(7-5-16)22-20(26)19-3-2-12-28-19/h2-7,12-13H,8-11,14H2,1H3,(H,22,26). The van der Waals surface area contributed by atoms with Crippen molar-refractivity contribution in [3.8, 4) is 0 Å². The summed E-state index contributed by atoms with van der Waals surface area (Å²) in [5.41, 5.74) is 2.08. The summed E-state index contributed by atoms with van der Waals surface area (Å²) < 4.78 is 10.3. The van der Waals surface area contributed by atoms with Crippen LogP contribution < -0.4 is 5.32 Å². The van der Waals surface area contributed by atoms with Crippen LogP contribution in [-0.4, -0.2) is 52.9 Å². The Kier molecular flexibility index (Phi) is 5.44. The normalized spacial score (nSPS) is 14.7. The van der Waals surface area contributed by atoms with E-state index in [-0.39, 0.29) is 17.6 Å². The highest BCUT2D eigenvalue weighted by Crippen LogP contribution is 2.15. The Morgan fingerprint density at radius 1 is 1.10 bits per heavy atom. The van der Waals surface area contributed by atoms with Crippen molar-refractivity contribution >= 4 is 17.5 Å². The van der Waals surface area contributed by atoms with Gasteiger partial charge >= 0.3 is 0 Å². The second-order valence-corrected chi connectivity index (χ2v) is 7.01. The minimum Gasteiger partial charge on any atom is -0.459 e. The largest absolute Gasteiger partial charge is 0.459 e. The van der Waals surface area contributed by atoms with Gasteiger partial charge in [-0.15, -0.1) is 0 Å². The lowest BCUT2D eigenvalue weighted by Gasteiger charge is -2.34. The fraction of sp³-hybridized carbons (Fsp3) is 0.286. The zero-order chi connectivity index (χ0) is 20.2. The maximum absolute atomic E-state index is 12.8. The number of hydrogen-bond acceptors (Lipinski definition) is 6. The molecule has 0 bridgehead atoms. The Morgan fingerprint density at radius 2 is 1.86 bits per heavy atom. The highest BCUT2D eigenvalue weighted by Gasteiger charge is 2.23. The van der Waals surface area contributed by atoms with Crippen LogP contribution in [0.2, 0.25) is 0 Å². The first-order chi connectivity index (χ1) is 14.1. The van der Waals surface area contributed by atoms with Gasteiger partial charge in [-0.3, -0.25) is 14.5 Å². The minimum absolute atomic E-state index is 0.0101. The van der Waals surface area contributed by atoms with E-state index < -0.39 is 0 Å².